The SMILES string of the molecule is COC[C@]1(CC(N)=O)CCCN1S(=O)(=O)c1cccc(OC)c1. The largest absolute Gasteiger partial charge is 0.497 e. The number of hydrogen-bond donors (Lipinski definition) is 1. The zero-order chi connectivity index (χ0) is 17.1. The number of primary amides is 1. The van der Waals surface area contributed by atoms with Gasteiger partial charge in [-0.3, -0.25) is 4.79 Å². The van der Waals surface area contributed by atoms with Gasteiger partial charge in [-0.05, 0) is 25.0 Å². The summed E-state index contributed by atoms with van der Waals surface area (Å²) in [5, 5.41) is 0. The maximum absolute atomic E-state index is 13.0. The van der Waals surface area contributed by atoms with Gasteiger partial charge in [0.25, 0.3) is 0 Å². The third-order valence-electron chi connectivity index (χ3n) is 4.08. The van der Waals surface area contributed by atoms with E-state index in [1.54, 1.807) is 12.1 Å². The Bertz CT molecular complexity index is 676. The second-order valence-electron chi connectivity index (χ2n) is 5.66. The fourth-order valence-corrected chi connectivity index (χ4v) is 5.00. The van der Waals surface area contributed by atoms with Gasteiger partial charge in [-0.2, -0.15) is 4.31 Å². The van der Waals surface area contributed by atoms with Crippen LogP contribution in [0.3, 0.4) is 0 Å². The number of nitrogens with two attached hydrogens (primary N) is 1. The highest BCUT2D eigenvalue weighted by molar-refractivity contribution is 7.89. The molecule has 128 valence electrons. The molecule has 0 bridgehead atoms. The number of rotatable bonds is 7. The Morgan fingerprint density at radius 1 is 1.39 bits per heavy atom. The van der Waals surface area contributed by atoms with Gasteiger partial charge in [-0.25, -0.2) is 8.42 Å². The van der Waals surface area contributed by atoms with Crippen LogP contribution in [0.1, 0.15) is 19.3 Å². The third kappa shape index (κ3) is 3.49. The number of ether oxygens (including phenoxy) is 2. The van der Waals surface area contributed by atoms with Crippen molar-refractivity contribution in [2.75, 3.05) is 27.4 Å². The van der Waals surface area contributed by atoms with Gasteiger partial charge in [0.05, 0.1) is 24.2 Å². The second-order valence-corrected chi connectivity index (χ2v) is 7.52. The van der Waals surface area contributed by atoms with Crippen LogP contribution in [0, 0.1) is 0 Å². The molecule has 23 heavy (non-hydrogen) atoms. The van der Waals surface area contributed by atoms with Crippen LogP contribution in [-0.2, 0) is 19.6 Å². The molecule has 0 spiro atoms. The molecule has 1 amide bonds. The lowest BCUT2D eigenvalue weighted by Crippen LogP contribution is -2.52. The number of sulfonamides is 1. The summed E-state index contributed by atoms with van der Waals surface area (Å²) < 4.78 is 37.7. The fraction of sp³-hybridized carbons (Fsp3) is 0.533. The summed E-state index contributed by atoms with van der Waals surface area (Å²) in [4.78, 5) is 11.6. The van der Waals surface area contributed by atoms with E-state index in [4.69, 9.17) is 15.2 Å². The number of benzene rings is 1. The van der Waals surface area contributed by atoms with E-state index in [1.807, 2.05) is 0 Å². The number of methoxy groups -OCH3 is 2. The van der Waals surface area contributed by atoms with Crippen LogP contribution in [-0.4, -0.2) is 51.5 Å². The first kappa shape index (κ1) is 17.7. The number of carbonyl (C=O) groups excluding carboxylic acids is 1. The minimum Gasteiger partial charge on any atom is -0.497 e. The van der Waals surface area contributed by atoms with E-state index in [1.165, 1.54) is 30.7 Å². The first-order valence-electron chi connectivity index (χ1n) is 7.30. The number of amides is 1. The third-order valence-corrected chi connectivity index (χ3v) is 6.08. The molecule has 7 nitrogen and oxygen atoms in total. The molecule has 1 atom stereocenters. The van der Waals surface area contributed by atoms with Crippen LogP contribution in [0.2, 0.25) is 0 Å². The van der Waals surface area contributed by atoms with Crippen molar-refractivity contribution in [3.63, 3.8) is 0 Å². The highest BCUT2D eigenvalue weighted by Gasteiger charge is 2.48. The lowest BCUT2D eigenvalue weighted by Gasteiger charge is -2.36. The highest BCUT2D eigenvalue weighted by atomic mass is 32.2. The first-order valence-corrected chi connectivity index (χ1v) is 8.74. The molecule has 1 heterocycles. The predicted molar refractivity (Wildman–Crippen MR) is 84.5 cm³/mol. The molecule has 1 aromatic carbocycles. The highest BCUT2D eigenvalue weighted by Crippen LogP contribution is 2.37. The van der Waals surface area contributed by atoms with E-state index in [0.29, 0.717) is 25.1 Å². The Morgan fingerprint density at radius 3 is 2.74 bits per heavy atom. The van der Waals surface area contributed by atoms with E-state index < -0.39 is 21.5 Å². The maximum atomic E-state index is 13.0. The Hall–Kier alpha value is -1.64. The van der Waals surface area contributed by atoms with Crippen molar-refractivity contribution in [2.45, 2.75) is 29.7 Å². The number of hydrogen-bond acceptors (Lipinski definition) is 5. The minimum absolute atomic E-state index is 0.0654. The second kappa shape index (κ2) is 6.86. The minimum atomic E-state index is -3.78. The average Bonchev–Trinajstić information content (AvgIpc) is 2.91. The summed E-state index contributed by atoms with van der Waals surface area (Å²) >= 11 is 0. The van der Waals surface area contributed by atoms with Crippen molar-refractivity contribution in [1.82, 2.24) is 4.31 Å². The van der Waals surface area contributed by atoms with Crippen molar-refractivity contribution in [1.29, 1.82) is 0 Å². The van der Waals surface area contributed by atoms with E-state index in [9.17, 15) is 13.2 Å². The molecular weight excluding hydrogens is 320 g/mol. The van der Waals surface area contributed by atoms with Crippen LogP contribution >= 0.6 is 0 Å². The summed E-state index contributed by atoms with van der Waals surface area (Å²) in [6.45, 7) is 0.454. The summed E-state index contributed by atoms with van der Waals surface area (Å²) in [5.41, 5.74) is 4.41. The van der Waals surface area contributed by atoms with Gasteiger partial charge in [0.1, 0.15) is 5.75 Å². The Balaban J connectivity index is 2.45. The first-order chi connectivity index (χ1) is 10.9. The van der Waals surface area contributed by atoms with Crippen LogP contribution in [0.5, 0.6) is 5.75 Å². The normalized spacial score (nSPS) is 22.2. The summed E-state index contributed by atoms with van der Waals surface area (Å²) in [5.74, 6) is -0.0905. The molecule has 1 aromatic rings. The van der Waals surface area contributed by atoms with Crippen molar-refractivity contribution in [2.24, 2.45) is 5.73 Å². The fourth-order valence-electron chi connectivity index (χ4n) is 3.14. The van der Waals surface area contributed by atoms with Gasteiger partial charge in [0.15, 0.2) is 0 Å². The molecule has 8 heteroatoms. The number of nitrogens with zero attached hydrogens (tertiary/aromatic N) is 1. The molecular formula is C15H22N2O5S. The van der Waals surface area contributed by atoms with Crippen LogP contribution < -0.4 is 10.5 Å². The zero-order valence-corrected chi connectivity index (χ0v) is 14.1. The Morgan fingerprint density at radius 2 is 2.13 bits per heavy atom. The van der Waals surface area contributed by atoms with Gasteiger partial charge < -0.3 is 15.2 Å². The van der Waals surface area contributed by atoms with E-state index in [0.717, 1.165) is 0 Å². The lowest BCUT2D eigenvalue weighted by atomic mass is 9.94. The molecule has 0 aliphatic carbocycles. The monoisotopic (exact) mass is 342 g/mol. The van der Waals surface area contributed by atoms with Crippen LogP contribution in [0.4, 0.5) is 0 Å². The molecule has 2 N–H and O–H groups in total. The molecule has 2 rings (SSSR count). The van der Waals surface area contributed by atoms with E-state index in [2.05, 4.69) is 0 Å². The van der Waals surface area contributed by atoms with Gasteiger partial charge >= 0.3 is 0 Å². The summed E-state index contributed by atoms with van der Waals surface area (Å²) in [7, 11) is -0.822. The molecule has 0 unspecified atom stereocenters. The quantitative estimate of drug-likeness (QED) is 0.788. The molecule has 0 radical (unpaired) electrons. The van der Waals surface area contributed by atoms with Crippen molar-refractivity contribution < 1.29 is 22.7 Å². The number of carbonyl (C=O) groups is 1. The van der Waals surface area contributed by atoms with Crippen LogP contribution in [0.15, 0.2) is 29.2 Å². The van der Waals surface area contributed by atoms with E-state index in [-0.39, 0.29) is 17.9 Å². The standard InChI is InChI=1S/C15H22N2O5S/c1-21-11-15(10-14(16)18)7-4-8-17(15)23(19,20)13-6-3-5-12(9-13)22-2/h3,5-6,9H,4,7-8,10-11H2,1-2H3,(H2,16,18)/t15-/m1/s1. The molecule has 1 aliphatic rings. The van der Waals surface area contributed by atoms with Gasteiger partial charge in [-0.1, -0.05) is 6.07 Å². The van der Waals surface area contributed by atoms with Crippen molar-refractivity contribution in [3.05, 3.63) is 24.3 Å². The predicted octanol–water partition coefficient (Wildman–Crippen LogP) is 0.740. The maximum Gasteiger partial charge on any atom is 0.243 e. The molecule has 1 aliphatic heterocycles. The Labute approximate surface area is 136 Å². The van der Waals surface area contributed by atoms with Crippen molar-refractivity contribution in [3.8, 4) is 5.75 Å². The lowest BCUT2D eigenvalue weighted by molar-refractivity contribution is -0.120. The summed E-state index contributed by atoms with van der Waals surface area (Å²) in [6, 6.07) is 6.27. The van der Waals surface area contributed by atoms with E-state index >= 15 is 0 Å². The van der Waals surface area contributed by atoms with Gasteiger partial charge in [0, 0.05) is 26.1 Å². The smallest absolute Gasteiger partial charge is 0.243 e. The zero-order valence-electron chi connectivity index (χ0n) is 13.3. The van der Waals surface area contributed by atoms with Crippen molar-refractivity contribution >= 4 is 15.9 Å². The molecule has 1 fully saturated rings. The van der Waals surface area contributed by atoms with Gasteiger partial charge in [0.2, 0.25) is 15.9 Å². The van der Waals surface area contributed by atoms with Gasteiger partial charge in [-0.15, -0.1) is 0 Å². The molecule has 1 saturated heterocycles. The topological polar surface area (TPSA) is 98.9 Å². The summed E-state index contributed by atoms with van der Waals surface area (Å²) in [6.07, 6.45) is 1.12. The molecule has 0 aromatic heterocycles. The average molecular weight is 342 g/mol. The molecule has 0 saturated carbocycles. The van der Waals surface area contributed by atoms with Crippen LogP contribution in [0.25, 0.3) is 0 Å². The Kier molecular flexibility index (Phi) is 5.28.